The summed E-state index contributed by atoms with van der Waals surface area (Å²) in [7, 11) is 0. The molecule has 3 N–H and O–H groups in total. The van der Waals surface area contributed by atoms with Gasteiger partial charge in [0.2, 0.25) is 0 Å². The highest BCUT2D eigenvalue weighted by Gasteiger charge is 2.26. The molecule has 0 atom stereocenters. The topological polar surface area (TPSA) is 74.8 Å². The Bertz CT molecular complexity index is 365. The number of hydrogen-bond acceptors (Lipinski definition) is 3. The van der Waals surface area contributed by atoms with Crippen LogP contribution in [-0.4, -0.2) is 50.0 Å². The summed E-state index contributed by atoms with van der Waals surface area (Å²) in [5, 5.41) is 8.18. The summed E-state index contributed by atoms with van der Waals surface area (Å²) in [6.45, 7) is 7.81. The number of nitrogens with one attached hydrogen (secondary N) is 3. The zero-order chi connectivity index (χ0) is 17.2. The fraction of sp³-hybridized carbons (Fsp3) is 0.846. The number of alkyl carbamates (subject to hydrolysis) is 1. The maximum atomic E-state index is 12.1. The Morgan fingerprint density at radius 3 is 2.18 bits per heavy atom. The van der Waals surface area contributed by atoms with Gasteiger partial charge in [-0.25, -0.2) is 4.79 Å². The van der Waals surface area contributed by atoms with E-state index in [2.05, 4.69) is 20.9 Å². The lowest BCUT2D eigenvalue weighted by Crippen LogP contribution is -2.42. The van der Waals surface area contributed by atoms with Crippen LogP contribution in [0.3, 0.4) is 0 Å². The molecule has 0 aromatic carbocycles. The first-order chi connectivity index (χ1) is 10.0. The molecular weight excluding hydrogens is 301 g/mol. The van der Waals surface area contributed by atoms with E-state index in [9.17, 15) is 18.0 Å². The van der Waals surface area contributed by atoms with Gasteiger partial charge < -0.3 is 20.7 Å². The molecule has 1 amide bonds. The van der Waals surface area contributed by atoms with Crippen LogP contribution in [0.25, 0.3) is 0 Å². The van der Waals surface area contributed by atoms with Crippen molar-refractivity contribution in [2.75, 3.05) is 26.2 Å². The molecule has 0 heterocycles. The third-order valence-corrected chi connectivity index (χ3v) is 2.10. The van der Waals surface area contributed by atoms with Gasteiger partial charge >= 0.3 is 12.3 Å². The van der Waals surface area contributed by atoms with Gasteiger partial charge in [0.1, 0.15) is 5.60 Å². The fourth-order valence-corrected chi connectivity index (χ4v) is 1.30. The van der Waals surface area contributed by atoms with Crippen molar-refractivity contribution in [3.8, 4) is 0 Å². The molecule has 0 aromatic heterocycles. The molecule has 9 heteroatoms. The Morgan fingerprint density at radius 2 is 1.68 bits per heavy atom. The van der Waals surface area contributed by atoms with Crippen LogP contribution in [0.2, 0.25) is 0 Å². The van der Waals surface area contributed by atoms with E-state index in [0.717, 1.165) is 0 Å². The van der Waals surface area contributed by atoms with Crippen LogP contribution >= 0.6 is 0 Å². The van der Waals surface area contributed by atoms with Gasteiger partial charge in [0.05, 0.1) is 13.0 Å². The van der Waals surface area contributed by atoms with Crippen LogP contribution in [-0.2, 0) is 4.74 Å². The molecule has 0 aliphatic rings. The smallest absolute Gasteiger partial charge is 0.407 e. The van der Waals surface area contributed by atoms with Crippen molar-refractivity contribution in [3.63, 3.8) is 0 Å². The minimum Gasteiger partial charge on any atom is -0.444 e. The van der Waals surface area contributed by atoms with Gasteiger partial charge in [-0.15, -0.1) is 0 Å². The summed E-state index contributed by atoms with van der Waals surface area (Å²) < 4.78 is 41.2. The minimum absolute atomic E-state index is 0.262. The van der Waals surface area contributed by atoms with E-state index >= 15 is 0 Å². The van der Waals surface area contributed by atoms with Crippen molar-refractivity contribution in [2.45, 2.75) is 45.9 Å². The maximum Gasteiger partial charge on any atom is 0.407 e. The molecule has 0 aromatic rings. The first kappa shape index (κ1) is 20.3. The number of halogens is 3. The van der Waals surface area contributed by atoms with E-state index in [4.69, 9.17) is 4.74 Å². The molecule has 0 aliphatic heterocycles. The number of guanidine groups is 1. The highest BCUT2D eigenvalue weighted by atomic mass is 19.4. The van der Waals surface area contributed by atoms with Gasteiger partial charge in [0.15, 0.2) is 5.96 Å². The van der Waals surface area contributed by atoms with Crippen molar-refractivity contribution >= 4 is 12.1 Å². The summed E-state index contributed by atoms with van der Waals surface area (Å²) in [4.78, 5) is 15.2. The Kier molecular flexibility index (Phi) is 8.66. The van der Waals surface area contributed by atoms with Crippen molar-refractivity contribution in [1.29, 1.82) is 0 Å². The summed E-state index contributed by atoms with van der Waals surface area (Å²) >= 11 is 0. The number of rotatable bonds is 6. The molecule has 0 radical (unpaired) electrons. The number of nitrogens with zero attached hydrogens (tertiary/aromatic N) is 1. The van der Waals surface area contributed by atoms with Crippen LogP contribution in [0.4, 0.5) is 18.0 Å². The number of ether oxygens (including phenoxy) is 1. The van der Waals surface area contributed by atoms with E-state index in [1.807, 2.05) is 0 Å². The summed E-state index contributed by atoms with van der Waals surface area (Å²) in [5.74, 6) is 0.276. The van der Waals surface area contributed by atoms with Crippen molar-refractivity contribution in [2.24, 2.45) is 4.99 Å². The molecule has 0 saturated carbocycles. The van der Waals surface area contributed by atoms with Gasteiger partial charge in [-0.1, -0.05) is 0 Å². The maximum absolute atomic E-state index is 12.1. The predicted molar refractivity (Wildman–Crippen MR) is 78.9 cm³/mol. The summed E-state index contributed by atoms with van der Waals surface area (Å²) in [5.41, 5.74) is -0.578. The lowest BCUT2D eigenvalue weighted by molar-refractivity contribution is -0.132. The number of carbonyl (C=O) groups is 1. The fourth-order valence-electron chi connectivity index (χ4n) is 1.30. The number of carbonyl (C=O) groups excluding carboxylic acids is 1. The van der Waals surface area contributed by atoms with Gasteiger partial charge in [0.25, 0.3) is 0 Å². The lowest BCUT2D eigenvalue weighted by atomic mass is 10.2. The molecular formula is C13H25F3N4O2. The van der Waals surface area contributed by atoms with Crippen LogP contribution < -0.4 is 16.0 Å². The highest BCUT2D eigenvalue weighted by molar-refractivity contribution is 5.79. The second-order valence-corrected chi connectivity index (χ2v) is 5.48. The monoisotopic (exact) mass is 326 g/mol. The molecule has 0 bridgehead atoms. The van der Waals surface area contributed by atoms with E-state index in [-0.39, 0.29) is 19.0 Å². The van der Waals surface area contributed by atoms with E-state index in [1.165, 1.54) is 0 Å². The van der Waals surface area contributed by atoms with Gasteiger partial charge in [-0.2, -0.15) is 13.2 Å². The second-order valence-electron chi connectivity index (χ2n) is 5.48. The van der Waals surface area contributed by atoms with Gasteiger partial charge in [0, 0.05) is 19.6 Å². The molecule has 0 spiro atoms. The van der Waals surface area contributed by atoms with Crippen LogP contribution in [0.5, 0.6) is 0 Å². The Morgan fingerprint density at radius 1 is 1.09 bits per heavy atom. The molecule has 22 heavy (non-hydrogen) atoms. The normalized spacial score (nSPS) is 12.8. The highest BCUT2D eigenvalue weighted by Crippen LogP contribution is 2.18. The predicted octanol–water partition coefficient (Wildman–Crippen LogP) is 2.02. The van der Waals surface area contributed by atoms with Crippen molar-refractivity contribution < 1.29 is 22.7 Å². The lowest BCUT2D eigenvalue weighted by Gasteiger charge is -2.19. The zero-order valence-corrected chi connectivity index (χ0v) is 13.4. The van der Waals surface area contributed by atoms with E-state index in [0.29, 0.717) is 13.1 Å². The van der Waals surface area contributed by atoms with Gasteiger partial charge in [-0.05, 0) is 27.7 Å². The standard InChI is InChI=1S/C13H25F3N4O2/c1-5-17-10(18-7-6-13(14,15)16)19-8-9-20-11(21)22-12(2,3)4/h5-9H2,1-4H3,(H,20,21)(H2,17,18,19). The zero-order valence-electron chi connectivity index (χ0n) is 13.4. The first-order valence-electron chi connectivity index (χ1n) is 7.09. The number of hydrogen-bond donors (Lipinski definition) is 3. The molecule has 130 valence electrons. The average molecular weight is 326 g/mol. The van der Waals surface area contributed by atoms with Gasteiger partial charge in [-0.3, -0.25) is 4.99 Å². The molecule has 0 rings (SSSR count). The number of aliphatic imine (C=N–C) groups is 1. The van der Waals surface area contributed by atoms with Crippen molar-refractivity contribution in [1.82, 2.24) is 16.0 Å². The number of alkyl halides is 3. The third-order valence-electron chi connectivity index (χ3n) is 2.10. The van der Waals surface area contributed by atoms with Crippen molar-refractivity contribution in [3.05, 3.63) is 0 Å². The minimum atomic E-state index is -4.22. The number of amides is 1. The quantitative estimate of drug-likeness (QED) is 0.397. The third kappa shape index (κ3) is 13.3. The average Bonchev–Trinajstić information content (AvgIpc) is 2.30. The Hall–Kier alpha value is -1.67. The largest absolute Gasteiger partial charge is 0.444 e. The van der Waals surface area contributed by atoms with E-state index < -0.39 is 24.3 Å². The molecule has 0 saturated heterocycles. The van der Waals surface area contributed by atoms with E-state index in [1.54, 1.807) is 27.7 Å². The first-order valence-corrected chi connectivity index (χ1v) is 7.09. The molecule has 0 aliphatic carbocycles. The van der Waals surface area contributed by atoms with Crippen LogP contribution in [0.15, 0.2) is 4.99 Å². The SMILES string of the molecule is CCNC(=NCCC(F)(F)F)NCCNC(=O)OC(C)(C)C. The summed E-state index contributed by atoms with van der Waals surface area (Å²) in [6.07, 6.45) is -5.74. The van der Waals surface area contributed by atoms with Crippen LogP contribution in [0, 0.1) is 0 Å². The Balaban J connectivity index is 4.05. The second kappa shape index (κ2) is 9.37. The van der Waals surface area contributed by atoms with Crippen LogP contribution in [0.1, 0.15) is 34.1 Å². The molecule has 6 nitrogen and oxygen atoms in total. The Labute approximate surface area is 128 Å². The summed E-state index contributed by atoms with van der Waals surface area (Å²) in [6, 6.07) is 0. The molecule has 0 fully saturated rings. The molecule has 0 unspecified atom stereocenters.